The van der Waals surface area contributed by atoms with Crippen LogP contribution in [0.4, 0.5) is 20.7 Å². The number of nitrogens with one attached hydrogen (secondary N) is 1. The van der Waals surface area contributed by atoms with Gasteiger partial charge in [0.15, 0.2) is 11.6 Å². The molecule has 0 bridgehead atoms. The second-order valence-corrected chi connectivity index (χ2v) is 7.87. The van der Waals surface area contributed by atoms with Crippen LogP contribution in [0.1, 0.15) is 19.3 Å². The summed E-state index contributed by atoms with van der Waals surface area (Å²) in [6.07, 6.45) is 4.70. The number of pyridine rings is 1. The van der Waals surface area contributed by atoms with E-state index in [1.54, 1.807) is 4.90 Å². The molecule has 2 aliphatic heterocycles. The molecule has 1 N–H and O–H groups in total. The topological polar surface area (TPSA) is 101 Å². The predicted octanol–water partition coefficient (Wildman–Crippen LogP) is 3.87. The number of nitro benzene ring substituents is 1. The minimum absolute atomic E-state index is 0.154. The van der Waals surface area contributed by atoms with Crippen LogP contribution in [0.15, 0.2) is 36.5 Å². The molecule has 2 aromatic rings. The van der Waals surface area contributed by atoms with Crippen LogP contribution in [0.2, 0.25) is 0 Å². The molecule has 10 heteroatoms. The van der Waals surface area contributed by atoms with Gasteiger partial charge in [0.2, 0.25) is 0 Å². The van der Waals surface area contributed by atoms with Crippen molar-refractivity contribution in [1.29, 1.82) is 0 Å². The van der Waals surface area contributed by atoms with Crippen molar-refractivity contribution >= 4 is 17.5 Å². The standard InChI is InChI=1S/C21H24FN5O4/c22-18-12-16(27(29)30)2-3-19(18)31-17-4-7-23-20(13-17)24-21(28)26-10-5-15(6-11-26)14-25-8-1-9-25/h2-4,7,12-13,15H,1,5-6,8-11,14H2,(H,23,24,28). The van der Waals surface area contributed by atoms with Crippen molar-refractivity contribution in [1.82, 2.24) is 14.8 Å². The van der Waals surface area contributed by atoms with Crippen molar-refractivity contribution in [2.75, 3.05) is 38.0 Å². The predicted molar refractivity (Wildman–Crippen MR) is 112 cm³/mol. The fourth-order valence-corrected chi connectivity index (χ4v) is 3.79. The number of carbonyl (C=O) groups is 1. The molecule has 3 heterocycles. The number of hydrogen-bond donors (Lipinski definition) is 1. The number of ether oxygens (including phenoxy) is 1. The van der Waals surface area contributed by atoms with Crippen molar-refractivity contribution < 1.29 is 18.8 Å². The Morgan fingerprint density at radius 1 is 1.23 bits per heavy atom. The zero-order valence-corrected chi connectivity index (χ0v) is 17.0. The molecule has 164 valence electrons. The van der Waals surface area contributed by atoms with Crippen LogP contribution < -0.4 is 10.1 Å². The van der Waals surface area contributed by atoms with Gasteiger partial charge in [-0.1, -0.05) is 0 Å². The van der Waals surface area contributed by atoms with Crippen LogP contribution in [0.5, 0.6) is 11.5 Å². The summed E-state index contributed by atoms with van der Waals surface area (Å²) in [6, 6.07) is 5.91. The van der Waals surface area contributed by atoms with Crippen LogP contribution in [0, 0.1) is 21.8 Å². The highest BCUT2D eigenvalue weighted by atomic mass is 19.1. The summed E-state index contributed by atoms with van der Waals surface area (Å²) in [6.45, 7) is 4.90. The SMILES string of the molecule is O=C(Nc1cc(Oc2ccc([N+](=O)[O-])cc2F)ccn1)N1CCC(CN2CCC2)CC1. The maximum absolute atomic E-state index is 14.1. The van der Waals surface area contributed by atoms with Crippen LogP contribution in [0.3, 0.4) is 0 Å². The third-order valence-corrected chi connectivity index (χ3v) is 5.69. The first-order chi connectivity index (χ1) is 15.0. The highest BCUT2D eigenvalue weighted by Gasteiger charge is 2.26. The number of nitrogens with zero attached hydrogens (tertiary/aromatic N) is 4. The Balaban J connectivity index is 1.32. The van der Waals surface area contributed by atoms with E-state index in [0.29, 0.717) is 19.0 Å². The smallest absolute Gasteiger partial charge is 0.323 e. The number of aromatic nitrogens is 1. The average molecular weight is 429 g/mol. The Labute approximate surface area is 179 Å². The van der Waals surface area contributed by atoms with Crippen molar-refractivity contribution in [2.45, 2.75) is 19.3 Å². The highest BCUT2D eigenvalue weighted by molar-refractivity contribution is 5.88. The third-order valence-electron chi connectivity index (χ3n) is 5.69. The van der Waals surface area contributed by atoms with Gasteiger partial charge in [-0.3, -0.25) is 15.4 Å². The number of rotatable bonds is 6. The Kier molecular flexibility index (Phi) is 6.26. The number of likely N-dealkylation sites (tertiary alicyclic amines) is 2. The number of urea groups is 1. The number of hydrogen-bond acceptors (Lipinski definition) is 6. The lowest BCUT2D eigenvalue weighted by Gasteiger charge is -2.38. The molecule has 1 aromatic carbocycles. The molecule has 0 unspecified atom stereocenters. The molecule has 2 saturated heterocycles. The molecular weight excluding hydrogens is 405 g/mol. The number of non-ortho nitro benzene ring substituents is 1. The van der Waals surface area contributed by atoms with Gasteiger partial charge in [-0.2, -0.15) is 0 Å². The van der Waals surface area contributed by atoms with E-state index in [9.17, 15) is 19.3 Å². The average Bonchev–Trinajstić information content (AvgIpc) is 2.73. The lowest BCUT2D eigenvalue weighted by Crippen LogP contribution is -2.46. The summed E-state index contributed by atoms with van der Waals surface area (Å²) in [5.41, 5.74) is -0.360. The normalized spacial score (nSPS) is 17.1. The number of benzene rings is 1. The Hall–Kier alpha value is -3.27. The van der Waals surface area contributed by atoms with E-state index in [0.717, 1.165) is 31.5 Å². The van der Waals surface area contributed by atoms with Gasteiger partial charge in [0.05, 0.1) is 11.0 Å². The second-order valence-electron chi connectivity index (χ2n) is 7.87. The number of halogens is 1. The van der Waals surface area contributed by atoms with Crippen molar-refractivity contribution in [2.24, 2.45) is 5.92 Å². The van der Waals surface area contributed by atoms with Crippen LogP contribution in [-0.2, 0) is 0 Å². The summed E-state index contributed by atoms with van der Waals surface area (Å²) in [5.74, 6) is 0.172. The fourth-order valence-electron chi connectivity index (χ4n) is 3.79. The van der Waals surface area contributed by atoms with E-state index in [4.69, 9.17) is 4.74 Å². The molecule has 2 fully saturated rings. The van der Waals surface area contributed by atoms with E-state index < -0.39 is 10.7 Å². The molecule has 9 nitrogen and oxygen atoms in total. The molecule has 0 saturated carbocycles. The van der Waals surface area contributed by atoms with Crippen molar-refractivity contribution in [3.8, 4) is 11.5 Å². The van der Waals surface area contributed by atoms with E-state index in [1.165, 1.54) is 43.9 Å². The third kappa shape index (κ3) is 5.26. The first-order valence-electron chi connectivity index (χ1n) is 10.3. The van der Waals surface area contributed by atoms with E-state index in [1.807, 2.05) is 0 Å². The number of carbonyl (C=O) groups excluding carboxylic acids is 1. The molecule has 0 spiro atoms. The van der Waals surface area contributed by atoms with Gasteiger partial charge in [-0.25, -0.2) is 14.2 Å². The van der Waals surface area contributed by atoms with Gasteiger partial charge in [0.1, 0.15) is 11.6 Å². The van der Waals surface area contributed by atoms with Gasteiger partial charge >= 0.3 is 6.03 Å². The maximum Gasteiger partial charge on any atom is 0.323 e. The maximum atomic E-state index is 14.1. The summed E-state index contributed by atoms with van der Waals surface area (Å²) in [5, 5.41) is 13.5. The minimum Gasteiger partial charge on any atom is -0.454 e. The molecule has 0 radical (unpaired) electrons. The number of piperidine rings is 1. The molecule has 4 rings (SSSR count). The number of nitro groups is 1. The van der Waals surface area contributed by atoms with Gasteiger partial charge in [0.25, 0.3) is 5.69 Å². The van der Waals surface area contributed by atoms with Gasteiger partial charge < -0.3 is 14.5 Å². The summed E-state index contributed by atoms with van der Waals surface area (Å²) in [4.78, 5) is 31.0. The summed E-state index contributed by atoms with van der Waals surface area (Å²) in [7, 11) is 0. The van der Waals surface area contributed by atoms with Gasteiger partial charge in [-0.15, -0.1) is 0 Å². The Bertz CT molecular complexity index is 961. The lowest BCUT2D eigenvalue weighted by atomic mass is 9.95. The Morgan fingerprint density at radius 3 is 2.65 bits per heavy atom. The molecule has 0 aliphatic carbocycles. The molecule has 31 heavy (non-hydrogen) atoms. The molecular formula is C21H24FN5O4. The Morgan fingerprint density at radius 2 is 2.00 bits per heavy atom. The van der Waals surface area contributed by atoms with Crippen molar-refractivity contribution in [3.63, 3.8) is 0 Å². The number of amides is 2. The fraction of sp³-hybridized carbons (Fsp3) is 0.429. The molecule has 0 atom stereocenters. The first kappa shape index (κ1) is 21.0. The highest BCUT2D eigenvalue weighted by Crippen LogP contribution is 2.28. The molecule has 2 aliphatic rings. The largest absolute Gasteiger partial charge is 0.454 e. The van der Waals surface area contributed by atoms with E-state index in [2.05, 4.69) is 15.2 Å². The van der Waals surface area contributed by atoms with Crippen LogP contribution >= 0.6 is 0 Å². The lowest BCUT2D eigenvalue weighted by molar-refractivity contribution is -0.385. The monoisotopic (exact) mass is 429 g/mol. The second kappa shape index (κ2) is 9.25. The van der Waals surface area contributed by atoms with Crippen molar-refractivity contribution in [3.05, 3.63) is 52.5 Å². The summed E-state index contributed by atoms with van der Waals surface area (Å²) >= 11 is 0. The van der Waals surface area contributed by atoms with Gasteiger partial charge in [0, 0.05) is 38.0 Å². The quantitative estimate of drug-likeness (QED) is 0.553. The number of anilines is 1. The van der Waals surface area contributed by atoms with E-state index in [-0.39, 0.29) is 29.0 Å². The first-order valence-corrected chi connectivity index (χ1v) is 10.3. The zero-order valence-electron chi connectivity index (χ0n) is 17.0. The van der Waals surface area contributed by atoms with Crippen LogP contribution in [0.25, 0.3) is 0 Å². The zero-order chi connectivity index (χ0) is 21.8. The van der Waals surface area contributed by atoms with E-state index >= 15 is 0 Å². The van der Waals surface area contributed by atoms with Gasteiger partial charge in [-0.05, 0) is 50.4 Å². The van der Waals surface area contributed by atoms with Crippen LogP contribution in [-0.4, -0.2) is 58.5 Å². The molecule has 2 amide bonds. The summed E-state index contributed by atoms with van der Waals surface area (Å²) < 4.78 is 19.5. The molecule has 1 aromatic heterocycles. The minimum atomic E-state index is -0.849.